The lowest BCUT2D eigenvalue weighted by molar-refractivity contribution is 0.174. The van der Waals surface area contributed by atoms with E-state index in [1.165, 1.54) is 4.88 Å². The summed E-state index contributed by atoms with van der Waals surface area (Å²) in [5, 5.41) is 13.1. The van der Waals surface area contributed by atoms with Gasteiger partial charge in [0.2, 0.25) is 0 Å². The third-order valence-corrected chi connectivity index (χ3v) is 4.13. The van der Waals surface area contributed by atoms with Crippen molar-refractivity contribution in [1.82, 2.24) is 15.2 Å². The number of nitrogens with zero attached hydrogens (tertiary/aromatic N) is 2. The summed E-state index contributed by atoms with van der Waals surface area (Å²) in [6.45, 7) is 3.32. The number of amides is 2. The third kappa shape index (κ3) is 5.13. The molecule has 0 aliphatic heterocycles. The number of hydrogen-bond acceptors (Lipinski definition) is 4. The molecule has 118 valence electrons. The number of urea groups is 1. The van der Waals surface area contributed by atoms with Crippen molar-refractivity contribution in [2.75, 3.05) is 19.7 Å². The van der Waals surface area contributed by atoms with Crippen molar-refractivity contribution >= 4 is 17.4 Å². The molecule has 1 aromatic carbocycles. The first-order chi connectivity index (χ1) is 10.7. The summed E-state index contributed by atoms with van der Waals surface area (Å²) < 4.78 is 0. The molecule has 1 heterocycles. The van der Waals surface area contributed by atoms with Crippen molar-refractivity contribution in [2.45, 2.75) is 19.9 Å². The second-order valence-corrected chi connectivity index (χ2v) is 6.30. The smallest absolute Gasteiger partial charge is 0.317 e. The van der Waals surface area contributed by atoms with Crippen LogP contribution < -0.4 is 5.32 Å². The van der Waals surface area contributed by atoms with Crippen LogP contribution in [0, 0.1) is 6.92 Å². The number of aliphatic hydroxyl groups is 1. The minimum Gasteiger partial charge on any atom is -0.395 e. The lowest BCUT2D eigenvalue weighted by Crippen LogP contribution is -2.41. The Morgan fingerprint density at radius 3 is 2.77 bits per heavy atom. The fraction of sp³-hybridized carbons (Fsp3) is 0.375. The number of carbonyl (C=O) groups is 1. The summed E-state index contributed by atoms with van der Waals surface area (Å²) in [6, 6.07) is 9.60. The highest BCUT2D eigenvalue weighted by molar-refractivity contribution is 7.11. The van der Waals surface area contributed by atoms with Gasteiger partial charge in [0, 0.05) is 37.1 Å². The molecule has 5 nitrogen and oxygen atoms in total. The van der Waals surface area contributed by atoms with Gasteiger partial charge in [0.15, 0.2) is 0 Å². The molecular formula is C16H21N3O2S. The van der Waals surface area contributed by atoms with Crippen molar-refractivity contribution in [2.24, 2.45) is 0 Å². The Morgan fingerprint density at radius 2 is 2.14 bits per heavy atom. The average molecular weight is 319 g/mol. The lowest BCUT2D eigenvalue weighted by atomic mass is 10.2. The Balaban J connectivity index is 1.83. The molecule has 0 fully saturated rings. The first kappa shape index (κ1) is 16.5. The zero-order valence-electron chi connectivity index (χ0n) is 12.7. The number of carbonyl (C=O) groups excluding carboxylic acids is 1. The minimum atomic E-state index is -0.161. The minimum absolute atomic E-state index is 0.0497. The SMILES string of the molecule is Cc1cnc(CCNC(=O)N(CCO)Cc2ccccc2)s1. The van der Waals surface area contributed by atoms with Crippen LogP contribution >= 0.6 is 11.3 Å². The highest BCUT2D eigenvalue weighted by Gasteiger charge is 2.13. The number of aromatic nitrogens is 1. The summed E-state index contributed by atoms with van der Waals surface area (Å²) in [4.78, 5) is 19.3. The molecule has 22 heavy (non-hydrogen) atoms. The van der Waals surface area contributed by atoms with Gasteiger partial charge in [-0.05, 0) is 12.5 Å². The predicted molar refractivity (Wildman–Crippen MR) is 87.9 cm³/mol. The fourth-order valence-electron chi connectivity index (χ4n) is 2.08. The van der Waals surface area contributed by atoms with Crippen molar-refractivity contribution in [1.29, 1.82) is 0 Å². The van der Waals surface area contributed by atoms with E-state index in [0.29, 0.717) is 19.6 Å². The molecule has 2 amide bonds. The maximum absolute atomic E-state index is 12.2. The van der Waals surface area contributed by atoms with Gasteiger partial charge in [-0.2, -0.15) is 0 Å². The summed E-state index contributed by atoms with van der Waals surface area (Å²) in [5.74, 6) is 0. The molecule has 0 atom stereocenters. The molecular weight excluding hydrogens is 298 g/mol. The standard InChI is InChI=1S/C16H21N3O2S/c1-13-11-18-15(22-13)7-8-17-16(21)19(9-10-20)12-14-5-3-2-4-6-14/h2-6,11,20H,7-10,12H2,1H3,(H,17,21). The number of thiazole rings is 1. The molecule has 2 rings (SSSR count). The monoisotopic (exact) mass is 319 g/mol. The molecule has 0 aliphatic carbocycles. The molecule has 0 aliphatic rings. The van der Waals surface area contributed by atoms with Crippen LogP contribution in [0.2, 0.25) is 0 Å². The number of rotatable bonds is 7. The van der Waals surface area contributed by atoms with Crippen LogP contribution in [0.5, 0.6) is 0 Å². The molecule has 0 saturated heterocycles. The van der Waals surface area contributed by atoms with Crippen LogP contribution in [0.15, 0.2) is 36.5 Å². The fourth-order valence-corrected chi connectivity index (χ4v) is 2.87. The number of aryl methyl sites for hydroxylation is 1. The van der Waals surface area contributed by atoms with E-state index in [1.807, 2.05) is 43.5 Å². The second kappa shape index (κ2) is 8.51. The zero-order valence-corrected chi connectivity index (χ0v) is 13.5. The van der Waals surface area contributed by atoms with Crippen LogP contribution in [0.4, 0.5) is 4.79 Å². The Kier molecular flexibility index (Phi) is 6.36. The molecule has 0 saturated carbocycles. The van der Waals surface area contributed by atoms with E-state index in [-0.39, 0.29) is 12.6 Å². The molecule has 1 aromatic heterocycles. The van der Waals surface area contributed by atoms with E-state index in [4.69, 9.17) is 5.11 Å². The van der Waals surface area contributed by atoms with E-state index in [9.17, 15) is 4.79 Å². The van der Waals surface area contributed by atoms with Crippen LogP contribution in [-0.2, 0) is 13.0 Å². The molecule has 0 unspecified atom stereocenters. The van der Waals surface area contributed by atoms with E-state index in [0.717, 1.165) is 17.0 Å². The Bertz CT molecular complexity index is 586. The van der Waals surface area contributed by atoms with Crippen LogP contribution in [0.25, 0.3) is 0 Å². The van der Waals surface area contributed by atoms with Gasteiger partial charge in [0.1, 0.15) is 0 Å². The van der Waals surface area contributed by atoms with Crippen molar-refractivity contribution in [3.8, 4) is 0 Å². The summed E-state index contributed by atoms with van der Waals surface area (Å²) in [5.41, 5.74) is 1.04. The number of aliphatic hydroxyl groups excluding tert-OH is 1. The van der Waals surface area contributed by atoms with Crippen molar-refractivity contribution < 1.29 is 9.90 Å². The van der Waals surface area contributed by atoms with Gasteiger partial charge in [0.25, 0.3) is 0 Å². The van der Waals surface area contributed by atoms with Gasteiger partial charge >= 0.3 is 6.03 Å². The maximum Gasteiger partial charge on any atom is 0.317 e. The van der Waals surface area contributed by atoms with E-state index in [2.05, 4.69) is 10.3 Å². The maximum atomic E-state index is 12.2. The van der Waals surface area contributed by atoms with Gasteiger partial charge in [-0.15, -0.1) is 11.3 Å². The second-order valence-electron chi connectivity index (χ2n) is 4.98. The number of hydrogen-bond donors (Lipinski definition) is 2. The van der Waals surface area contributed by atoms with Crippen LogP contribution in [0.3, 0.4) is 0 Å². The van der Waals surface area contributed by atoms with Crippen molar-refractivity contribution in [3.05, 3.63) is 52.0 Å². The van der Waals surface area contributed by atoms with Crippen molar-refractivity contribution in [3.63, 3.8) is 0 Å². The first-order valence-electron chi connectivity index (χ1n) is 7.28. The predicted octanol–water partition coefficient (Wildman–Crippen LogP) is 2.20. The van der Waals surface area contributed by atoms with Gasteiger partial charge in [0.05, 0.1) is 11.6 Å². The molecule has 0 bridgehead atoms. The largest absolute Gasteiger partial charge is 0.395 e. The molecule has 2 aromatic rings. The highest BCUT2D eigenvalue weighted by Crippen LogP contribution is 2.11. The van der Waals surface area contributed by atoms with Gasteiger partial charge in [-0.1, -0.05) is 30.3 Å². The average Bonchev–Trinajstić information content (AvgIpc) is 2.93. The topological polar surface area (TPSA) is 65.5 Å². The molecule has 0 radical (unpaired) electrons. The lowest BCUT2D eigenvalue weighted by Gasteiger charge is -2.22. The molecule has 2 N–H and O–H groups in total. The Morgan fingerprint density at radius 1 is 1.36 bits per heavy atom. The normalized spacial score (nSPS) is 10.5. The quantitative estimate of drug-likeness (QED) is 0.822. The van der Waals surface area contributed by atoms with Crippen LogP contribution in [0.1, 0.15) is 15.4 Å². The summed E-state index contributed by atoms with van der Waals surface area (Å²) >= 11 is 1.64. The number of benzene rings is 1. The van der Waals surface area contributed by atoms with E-state index < -0.39 is 0 Å². The number of nitrogens with one attached hydrogen (secondary N) is 1. The van der Waals surface area contributed by atoms with Gasteiger partial charge in [-0.25, -0.2) is 9.78 Å². The van der Waals surface area contributed by atoms with Crippen LogP contribution in [-0.4, -0.2) is 40.7 Å². The van der Waals surface area contributed by atoms with Gasteiger partial charge in [-0.3, -0.25) is 0 Å². The third-order valence-electron chi connectivity index (χ3n) is 3.16. The summed E-state index contributed by atoms with van der Waals surface area (Å²) in [7, 11) is 0. The van der Waals surface area contributed by atoms with E-state index >= 15 is 0 Å². The van der Waals surface area contributed by atoms with E-state index in [1.54, 1.807) is 16.2 Å². The Labute approximate surface area is 134 Å². The van der Waals surface area contributed by atoms with Gasteiger partial charge < -0.3 is 15.3 Å². The Hall–Kier alpha value is -1.92. The highest BCUT2D eigenvalue weighted by atomic mass is 32.1. The summed E-state index contributed by atoms with van der Waals surface area (Å²) in [6.07, 6.45) is 2.57. The molecule has 0 spiro atoms. The zero-order chi connectivity index (χ0) is 15.8. The first-order valence-corrected chi connectivity index (χ1v) is 8.09. The molecule has 6 heteroatoms.